The van der Waals surface area contributed by atoms with E-state index in [9.17, 15) is 4.39 Å². The van der Waals surface area contributed by atoms with Crippen LogP contribution in [0.25, 0.3) is 0 Å². The van der Waals surface area contributed by atoms with Crippen LogP contribution in [-0.4, -0.2) is 6.04 Å². The molecule has 0 heterocycles. The zero-order chi connectivity index (χ0) is 13.0. The Balaban J connectivity index is 1.84. The van der Waals surface area contributed by atoms with E-state index in [0.29, 0.717) is 6.04 Å². The van der Waals surface area contributed by atoms with Gasteiger partial charge < -0.3 is 5.32 Å². The Morgan fingerprint density at radius 2 is 2.00 bits per heavy atom. The lowest BCUT2D eigenvalue weighted by molar-refractivity contribution is 0.280. The number of nitrogens with one attached hydrogen (secondary N) is 1. The first-order valence-corrected chi connectivity index (χ1v) is 7.15. The predicted octanol–water partition coefficient (Wildman–Crippen LogP) is 4.19. The van der Waals surface area contributed by atoms with Crippen LogP contribution in [-0.2, 0) is 6.54 Å². The van der Waals surface area contributed by atoms with Gasteiger partial charge in [-0.05, 0) is 49.8 Å². The second-order valence-corrected chi connectivity index (χ2v) is 5.65. The highest BCUT2D eigenvalue weighted by Crippen LogP contribution is 2.26. The zero-order valence-electron chi connectivity index (χ0n) is 11.5. The van der Waals surface area contributed by atoms with E-state index in [0.717, 1.165) is 23.6 Å². The van der Waals surface area contributed by atoms with Crippen LogP contribution in [0.15, 0.2) is 18.2 Å². The molecule has 0 radical (unpaired) electrons. The van der Waals surface area contributed by atoms with Gasteiger partial charge in [0.15, 0.2) is 0 Å². The molecule has 0 aliphatic heterocycles. The number of halogens is 1. The van der Waals surface area contributed by atoms with E-state index in [2.05, 4.69) is 12.2 Å². The number of hydrogen-bond donors (Lipinski definition) is 1. The van der Waals surface area contributed by atoms with Crippen molar-refractivity contribution < 1.29 is 4.39 Å². The molecule has 0 saturated heterocycles. The maximum absolute atomic E-state index is 13.4. The molecule has 1 aliphatic rings. The first-order valence-electron chi connectivity index (χ1n) is 7.15. The van der Waals surface area contributed by atoms with E-state index in [1.807, 2.05) is 12.1 Å². The zero-order valence-corrected chi connectivity index (χ0v) is 11.5. The minimum absolute atomic E-state index is 0.0976. The average Bonchev–Trinajstić information content (AvgIpc) is 2.41. The van der Waals surface area contributed by atoms with E-state index in [-0.39, 0.29) is 5.82 Å². The molecule has 1 aromatic rings. The molecule has 2 heteroatoms. The molecule has 0 spiro atoms. The third-order valence-electron chi connectivity index (χ3n) is 4.22. The highest BCUT2D eigenvalue weighted by atomic mass is 19.1. The van der Waals surface area contributed by atoms with E-state index >= 15 is 0 Å². The van der Waals surface area contributed by atoms with Crippen molar-refractivity contribution in [3.05, 3.63) is 35.1 Å². The number of aryl methyl sites for hydroxylation is 1. The van der Waals surface area contributed by atoms with Gasteiger partial charge in [-0.15, -0.1) is 0 Å². The number of rotatable bonds is 4. The smallest absolute Gasteiger partial charge is 0.126 e. The molecular weight excluding hydrogens is 225 g/mol. The third kappa shape index (κ3) is 3.55. The van der Waals surface area contributed by atoms with Gasteiger partial charge in [0.2, 0.25) is 0 Å². The number of benzene rings is 1. The van der Waals surface area contributed by atoms with Gasteiger partial charge in [0.05, 0.1) is 0 Å². The van der Waals surface area contributed by atoms with Gasteiger partial charge in [0.25, 0.3) is 0 Å². The van der Waals surface area contributed by atoms with Crippen LogP contribution in [0.3, 0.4) is 0 Å². The lowest BCUT2D eigenvalue weighted by atomic mass is 9.84. The van der Waals surface area contributed by atoms with Crippen LogP contribution in [0.5, 0.6) is 0 Å². The van der Waals surface area contributed by atoms with E-state index in [1.165, 1.54) is 32.1 Å². The summed E-state index contributed by atoms with van der Waals surface area (Å²) in [6.07, 6.45) is 6.82. The molecule has 1 aromatic carbocycles. The quantitative estimate of drug-likeness (QED) is 0.843. The van der Waals surface area contributed by atoms with Crippen molar-refractivity contribution in [2.75, 3.05) is 0 Å². The van der Waals surface area contributed by atoms with Gasteiger partial charge in [-0.1, -0.05) is 31.4 Å². The Kier molecular flexibility index (Phi) is 4.76. The second kappa shape index (κ2) is 6.33. The summed E-state index contributed by atoms with van der Waals surface area (Å²) in [5.74, 6) is 0.702. The molecule has 0 amide bonds. The molecule has 2 rings (SSSR count). The lowest BCUT2D eigenvalue weighted by Crippen LogP contribution is -2.34. The predicted molar refractivity (Wildman–Crippen MR) is 74.0 cm³/mol. The van der Waals surface area contributed by atoms with Crippen LogP contribution >= 0.6 is 0 Å². The normalized spacial score (nSPS) is 18.8. The molecule has 1 N–H and O–H groups in total. The molecular formula is C16H24FN. The summed E-state index contributed by atoms with van der Waals surface area (Å²) in [6, 6.07) is 6.06. The number of hydrogen-bond acceptors (Lipinski definition) is 1. The topological polar surface area (TPSA) is 12.0 Å². The van der Waals surface area contributed by atoms with Crippen molar-refractivity contribution in [2.24, 2.45) is 5.92 Å². The Morgan fingerprint density at radius 3 is 2.67 bits per heavy atom. The molecule has 18 heavy (non-hydrogen) atoms. The first kappa shape index (κ1) is 13.5. The van der Waals surface area contributed by atoms with Gasteiger partial charge in [0.1, 0.15) is 5.82 Å². The Labute approximate surface area is 110 Å². The van der Waals surface area contributed by atoms with Crippen LogP contribution in [0.4, 0.5) is 4.39 Å². The fraction of sp³-hybridized carbons (Fsp3) is 0.625. The molecule has 0 unspecified atom stereocenters. The van der Waals surface area contributed by atoms with Gasteiger partial charge in [0, 0.05) is 12.6 Å². The minimum atomic E-state index is -0.0976. The summed E-state index contributed by atoms with van der Waals surface area (Å²) >= 11 is 0. The Hall–Kier alpha value is -0.890. The van der Waals surface area contributed by atoms with Crippen molar-refractivity contribution in [1.29, 1.82) is 0 Å². The largest absolute Gasteiger partial charge is 0.310 e. The maximum atomic E-state index is 13.4. The van der Waals surface area contributed by atoms with Crippen molar-refractivity contribution in [3.8, 4) is 0 Å². The Morgan fingerprint density at radius 1 is 1.28 bits per heavy atom. The molecule has 1 aliphatic carbocycles. The van der Waals surface area contributed by atoms with Gasteiger partial charge in [-0.25, -0.2) is 4.39 Å². The fourth-order valence-corrected chi connectivity index (χ4v) is 2.83. The van der Waals surface area contributed by atoms with Crippen molar-refractivity contribution >= 4 is 0 Å². The third-order valence-corrected chi connectivity index (χ3v) is 4.22. The average molecular weight is 249 g/mol. The minimum Gasteiger partial charge on any atom is -0.310 e. The van der Waals surface area contributed by atoms with Crippen molar-refractivity contribution in [3.63, 3.8) is 0 Å². The fourth-order valence-electron chi connectivity index (χ4n) is 2.83. The first-order chi connectivity index (χ1) is 8.66. The standard InChI is InChI=1S/C16H24FN/c1-12-8-9-14(10-16(12)17)11-18-13(2)15-6-4-3-5-7-15/h8-10,13,15,18H,3-7,11H2,1-2H3/t13-/m1/s1. The van der Waals surface area contributed by atoms with E-state index in [4.69, 9.17) is 0 Å². The molecule has 1 nitrogen and oxygen atoms in total. The van der Waals surface area contributed by atoms with Crippen LogP contribution < -0.4 is 5.32 Å². The molecule has 0 bridgehead atoms. The summed E-state index contributed by atoms with van der Waals surface area (Å²) < 4.78 is 13.4. The van der Waals surface area contributed by atoms with Crippen LogP contribution in [0, 0.1) is 18.7 Å². The molecule has 100 valence electrons. The lowest BCUT2D eigenvalue weighted by Gasteiger charge is -2.28. The molecule has 1 saturated carbocycles. The summed E-state index contributed by atoms with van der Waals surface area (Å²) in [5, 5.41) is 3.55. The summed E-state index contributed by atoms with van der Waals surface area (Å²) in [6.45, 7) is 4.84. The SMILES string of the molecule is Cc1ccc(CN[C@H](C)C2CCCCC2)cc1F. The van der Waals surface area contributed by atoms with Crippen molar-refractivity contribution in [2.45, 2.75) is 58.5 Å². The van der Waals surface area contributed by atoms with E-state index in [1.54, 1.807) is 13.0 Å². The van der Waals surface area contributed by atoms with Gasteiger partial charge in [-0.3, -0.25) is 0 Å². The molecule has 1 atom stereocenters. The maximum Gasteiger partial charge on any atom is 0.126 e. The highest BCUT2D eigenvalue weighted by Gasteiger charge is 2.19. The van der Waals surface area contributed by atoms with E-state index < -0.39 is 0 Å². The van der Waals surface area contributed by atoms with Gasteiger partial charge >= 0.3 is 0 Å². The van der Waals surface area contributed by atoms with Crippen LogP contribution in [0.2, 0.25) is 0 Å². The van der Waals surface area contributed by atoms with Crippen molar-refractivity contribution in [1.82, 2.24) is 5.32 Å². The highest BCUT2D eigenvalue weighted by molar-refractivity contribution is 5.23. The summed E-state index contributed by atoms with van der Waals surface area (Å²) in [5.41, 5.74) is 1.76. The van der Waals surface area contributed by atoms with Gasteiger partial charge in [-0.2, -0.15) is 0 Å². The molecule has 0 aromatic heterocycles. The second-order valence-electron chi connectivity index (χ2n) is 5.65. The molecule has 1 fully saturated rings. The monoisotopic (exact) mass is 249 g/mol. The summed E-state index contributed by atoms with van der Waals surface area (Å²) in [7, 11) is 0. The Bertz CT molecular complexity index is 383. The van der Waals surface area contributed by atoms with Crippen LogP contribution in [0.1, 0.15) is 50.2 Å². The summed E-state index contributed by atoms with van der Waals surface area (Å²) in [4.78, 5) is 0.